The average molecular weight is 333 g/mol. The molecule has 0 bridgehead atoms. The number of rotatable bonds is 5. The summed E-state index contributed by atoms with van der Waals surface area (Å²) in [6.07, 6.45) is 1.89. The minimum absolute atomic E-state index is 0.0231. The Bertz CT molecular complexity index is 592. The van der Waals surface area contributed by atoms with Crippen LogP contribution in [0, 0.1) is 5.41 Å². The van der Waals surface area contributed by atoms with Gasteiger partial charge in [0, 0.05) is 7.11 Å². The number of methoxy groups -OCH3 is 1. The van der Waals surface area contributed by atoms with E-state index in [1.165, 1.54) is 0 Å². The summed E-state index contributed by atoms with van der Waals surface area (Å²) >= 11 is 0. The highest BCUT2D eigenvalue weighted by Crippen LogP contribution is 2.51. The number of aliphatic hydroxyl groups excluding tert-OH is 1. The molecule has 2 heterocycles. The van der Waals surface area contributed by atoms with Crippen LogP contribution in [0.5, 0.6) is 0 Å². The molecule has 2 aliphatic rings. The van der Waals surface area contributed by atoms with Crippen molar-refractivity contribution in [2.24, 2.45) is 5.41 Å². The van der Waals surface area contributed by atoms with Gasteiger partial charge in [0.15, 0.2) is 0 Å². The first-order chi connectivity index (χ1) is 11.5. The second-order valence-corrected chi connectivity index (χ2v) is 7.17. The molecule has 3 rings (SSSR count). The van der Waals surface area contributed by atoms with Crippen LogP contribution in [0.1, 0.15) is 44.8 Å². The zero-order valence-corrected chi connectivity index (χ0v) is 14.7. The van der Waals surface area contributed by atoms with E-state index in [1.54, 1.807) is 7.11 Å². The van der Waals surface area contributed by atoms with E-state index < -0.39 is 11.1 Å². The first kappa shape index (κ1) is 17.4. The molecule has 24 heavy (non-hydrogen) atoms. The molecule has 132 valence electrons. The minimum Gasteiger partial charge on any atom is -0.394 e. The SMILES string of the molecule is CC[C@@]12CC[C@@](C)(COC)C(=O)N1[C@@H](CO)[C@H](c1ccccc1)O2. The third kappa shape index (κ3) is 2.55. The van der Waals surface area contributed by atoms with Gasteiger partial charge < -0.3 is 19.5 Å². The largest absolute Gasteiger partial charge is 0.394 e. The van der Waals surface area contributed by atoms with Crippen LogP contribution in [0.4, 0.5) is 0 Å². The molecule has 0 unspecified atom stereocenters. The van der Waals surface area contributed by atoms with Crippen molar-refractivity contribution in [1.29, 1.82) is 0 Å². The van der Waals surface area contributed by atoms with Crippen molar-refractivity contribution >= 4 is 5.91 Å². The van der Waals surface area contributed by atoms with Crippen LogP contribution >= 0.6 is 0 Å². The number of nitrogens with zero attached hydrogens (tertiary/aromatic N) is 1. The van der Waals surface area contributed by atoms with Crippen molar-refractivity contribution in [3.63, 3.8) is 0 Å². The molecule has 5 nitrogen and oxygen atoms in total. The maximum absolute atomic E-state index is 13.3. The van der Waals surface area contributed by atoms with Gasteiger partial charge in [0.25, 0.3) is 0 Å². The van der Waals surface area contributed by atoms with Gasteiger partial charge in [-0.2, -0.15) is 0 Å². The summed E-state index contributed by atoms with van der Waals surface area (Å²) in [7, 11) is 1.62. The molecule has 0 aromatic heterocycles. The molecule has 2 aliphatic heterocycles. The van der Waals surface area contributed by atoms with E-state index >= 15 is 0 Å². The summed E-state index contributed by atoms with van der Waals surface area (Å²) in [4.78, 5) is 15.1. The molecule has 2 saturated heterocycles. The van der Waals surface area contributed by atoms with Crippen molar-refractivity contribution in [2.45, 2.75) is 51.0 Å². The Kier molecular flexibility index (Phi) is 4.69. The minimum atomic E-state index is -0.627. The molecule has 1 aromatic carbocycles. The highest BCUT2D eigenvalue weighted by molar-refractivity contribution is 5.84. The van der Waals surface area contributed by atoms with Gasteiger partial charge in [0.1, 0.15) is 11.8 Å². The molecule has 0 saturated carbocycles. The molecule has 5 heteroatoms. The molecular formula is C19H27NO4. The first-order valence-corrected chi connectivity index (χ1v) is 8.67. The number of piperidine rings is 1. The zero-order valence-electron chi connectivity index (χ0n) is 14.7. The van der Waals surface area contributed by atoms with Crippen molar-refractivity contribution < 1.29 is 19.4 Å². The van der Waals surface area contributed by atoms with Crippen molar-refractivity contribution in [2.75, 3.05) is 20.3 Å². The molecule has 2 fully saturated rings. The molecule has 0 aliphatic carbocycles. The van der Waals surface area contributed by atoms with E-state index in [1.807, 2.05) is 49.1 Å². The lowest BCUT2D eigenvalue weighted by Gasteiger charge is -2.48. The van der Waals surface area contributed by atoms with Gasteiger partial charge in [0.2, 0.25) is 5.91 Å². The van der Waals surface area contributed by atoms with Crippen molar-refractivity contribution in [3.8, 4) is 0 Å². The van der Waals surface area contributed by atoms with Crippen LogP contribution in [0.3, 0.4) is 0 Å². The average Bonchev–Trinajstić information content (AvgIpc) is 2.95. The Morgan fingerprint density at radius 3 is 2.62 bits per heavy atom. The number of ether oxygens (including phenoxy) is 2. The van der Waals surface area contributed by atoms with Crippen molar-refractivity contribution in [1.82, 2.24) is 4.90 Å². The highest BCUT2D eigenvalue weighted by atomic mass is 16.5. The van der Waals surface area contributed by atoms with Crippen LogP contribution in [0.25, 0.3) is 0 Å². The van der Waals surface area contributed by atoms with E-state index in [-0.39, 0.29) is 24.7 Å². The summed E-state index contributed by atoms with van der Waals surface area (Å²) < 4.78 is 11.7. The number of hydrogen-bond acceptors (Lipinski definition) is 4. The summed E-state index contributed by atoms with van der Waals surface area (Å²) in [5, 5.41) is 10.1. The topological polar surface area (TPSA) is 59.0 Å². The Morgan fingerprint density at radius 2 is 2.04 bits per heavy atom. The molecule has 0 spiro atoms. The fourth-order valence-electron chi connectivity index (χ4n) is 4.19. The third-order valence-corrected chi connectivity index (χ3v) is 5.60. The second-order valence-electron chi connectivity index (χ2n) is 7.17. The lowest BCUT2D eigenvalue weighted by Crippen LogP contribution is -2.61. The molecule has 1 aromatic rings. The normalized spacial score (nSPS) is 36.0. The Labute approximate surface area is 143 Å². The zero-order chi connectivity index (χ0) is 17.4. The molecular weight excluding hydrogens is 306 g/mol. The monoisotopic (exact) mass is 333 g/mol. The van der Waals surface area contributed by atoms with Crippen molar-refractivity contribution in [3.05, 3.63) is 35.9 Å². The Balaban J connectivity index is 2.00. The molecule has 1 amide bonds. The predicted octanol–water partition coefficient (Wildman–Crippen LogP) is 2.50. The Morgan fingerprint density at radius 1 is 1.33 bits per heavy atom. The maximum atomic E-state index is 13.3. The van der Waals surface area contributed by atoms with Crippen LogP contribution < -0.4 is 0 Å². The summed E-state index contributed by atoms with van der Waals surface area (Å²) in [5.74, 6) is 0.0231. The quantitative estimate of drug-likeness (QED) is 0.899. The van der Waals surface area contributed by atoms with Crippen LogP contribution in [-0.2, 0) is 14.3 Å². The Hall–Kier alpha value is -1.43. The van der Waals surface area contributed by atoms with E-state index in [9.17, 15) is 9.90 Å². The van der Waals surface area contributed by atoms with Gasteiger partial charge in [-0.25, -0.2) is 0 Å². The molecule has 0 radical (unpaired) electrons. The van der Waals surface area contributed by atoms with Gasteiger partial charge in [-0.3, -0.25) is 4.79 Å². The fraction of sp³-hybridized carbons (Fsp3) is 0.632. The first-order valence-electron chi connectivity index (χ1n) is 8.67. The lowest BCUT2D eigenvalue weighted by atomic mass is 9.76. The number of hydrogen-bond donors (Lipinski definition) is 1. The van der Waals surface area contributed by atoms with Gasteiger partial charge in [-0.1, -0.05) is 37.3 Å². The number of carbonyl (C=O) groups is 1. The highest BCUT2D eigenvalue weighted by Gasteiger charge is 2.60. The number of aliphatic hydroxyl groups is 1. The van der Waals surface area contributed by atoms with Gasteiger partial charge in [-0.15, -0.1) is 0 Å². The summed E-state index contributed by atoms with van der Waals surface area (Å²) in [6.45, 7) is 4.26. The number of benzene rings is 1. The van der Waals surface area contributed by atoms with Crippen LogP contribution in [0.15, 0.2) is 30.3 Å². The fourth-order valence-corrected chi connectivity index (χ4v) is 4.19. The summed E-state index contributed by atoms with van der Waals surface area (Å²) in [6, 6.07) is 9.49. The van der Waals surface area contributed by atoms with Gasteiger partial charge >= 0.3 is 0 Å². The van der Waals surface area contributed by atoms with Gasteiger partial charge in [-0.05, 0) is 31.7 Å². The van der Waals surface area contributed by atoms with E-state index in [0.717, 1.165) is 18.4 Å². The third-order valence-electron chi connectivity index (χ3n) is 5.60. The predicted molar refractivity (Wildman–Crippen MR) is 90.2 cm³/mol. The second kappa shape index (κ2) is 6.47. The number of carbonyl (C=O) groups excluding carboxylic acids is 1. The summed E-state index contributed by atoms with van der Waals surface area (Å²) in [5.41, 5.74) is -0.186. The van der Waals surface area contributed by atoms with E-state index in [4.69, 9.17) is 9.47 Å². The molecule has 1 N–H and O–H groups in total. The molecule has 4 atom stereocenters. The standard InChI is InChI=1S/C19H27NO4/c1-4-19-11-10-18(2,13-23-3)17(22)20(19)15(12-21)16(24-19)14-8-6-5-7-9-14/h5-9,15-16,21H,4,10-13H2,1-3H3/t15-,16-,18-,19+/m0/s1. The van der Waals surface area contributed by atoms with E-state index in [2.05, 4.69) is 0 Å². The smallest absolute Gasteiger partial charge is 0.233 e. The van der Waals surface area contributed by atoms with E-state index in [0.29, 0.717) is 13.0 Å². The lowest BCUT2D eigenvalue weighted by molar-refractivity contribution is -0.184. The number of fused-ring (bicyclic) bond motifs is 1. The van der Waals surface area contributed by atoms with Crippen LogP contribution in [0.2, 0.25) is 0 Å². The van der Waals surface area contributed by atoms with Crippen LogP contribution in [-0.4, -0.2) is 48.0 Å². The number of amides is 1. The maximum Gasteiger partial charge on any atom is 0.233 e. The van der Waals surface area contributed by atoms with Gasteiger partial charge in [0.05, 0.1) is 24.7 Å².